The van der Waals surface area contributed by atoms with Crippen molar-refractivity contribution in [2.75, 3.05) is 13.1 Å². The molecule has 1 aliphatic carbocycles. The number of nitrogens with one attached hydrogen (secondary N) is 1. The highest BCUT2D eigenvalue weighted by Crippen LogP contribution is 2.41. The summed E-state index contributed by atoms with van der Waals surface area (Å²) in [7, 11) is 0. The van der Waals surface area contributed by atoms with Gasteiger partial charge in [0.15, 0.2) is 5.78 Å². The van der Waals surface area contributed by atoms with E-state index in [1.165, 1.54) is 0 Å². The van der Waals surface area contributed by atoms with Crippen LogP contribution in [0.25, 0.3) is 0 Å². The van der Waals surface area contributed by atoms with Crippen molar-refractivity contribution in [3.05, 3.63) is 47.3 Å². The van der Waals surface area contributed by atoms with Gasteiger partial charge in [0, 0.05) is 24.2 Å². The summed E-state index contributed by atoms with van der Waals surface area (Å²) in [6.07, 6.45) is 4.75. The predicted octanol–water partition coefficient (Wildman–Crippen LogP) is 2.71. The number of aromatic amines is 1. The van der Waals surface area contributed by atoms with Crippen LogP contribution in [0.3, 0.4) is 0 Å². The van der Waals surface area contributed by atoms with Crippen molar-refractivity contribution in [1.82, 2.24) is 15.1 Å². The first-order valence-corrected chi connectivity index (χ1v) is 9.68. The number of ether oxygens (including phenoxy) is 1. The maximum atomic E-state index is 13.4. The van der Waals surface area contributed by atoms with Crippen LogP contribution in [0.15, 0.2) is 30.5 Å². The maximum absolute atomic E-state index is 13.4. The molecular formula is C21H23N3O3. The molecule has 1 spiro atoms. The minimum Gasteiger partial charge on any atom is -0.484 e. The molecule has 1 N–H and O–H groups in total. The van der Waals surface area contributed by atoms with Gasteiger partial charge in [-0.25, -0.2) is 0 Å². The lowest BCUT2D eigenvalue weighted by Crippen LogP contribution is -2.46. The molecule has 1 saturated heterocycles. The number of rotatable bonds is 1. The molecule has 3 aliphatic rings. The predicted molar refractivity (Wildman–Crippen MR) is 98.8 cm³/mol. The van der Waals surface area contributed by atoms with E-state index < -0.39 is 5.60 Å². The number of carbonyl (C=O) groups is 2. The molecule has 1 aromatic carbocycles. The lowest BCUT2D eigenvalue weighted by Gasteiger charge is -2.35. The number of ketones is 1. The van der Waals surface area contributed by atoms with Crippen molar-refractivity contribution in [2.24, 2.45) is 5.92 Å². The zero-order chi connectivity index (χ0) is 18.6. The number of aromatic nitrogens is 2. The molecule has 3 atom stereocenters. The largest absolute Gasteiger partial charge is 0.484 e. The molecule has 6 heteroatoms. The number of Topliss-reactive ketones (excluding diaryl/α,β-unsaturated/α-hetero) is 1. The quantitative estimate of drug-likeness (QED) is 0.843. The fourth-order valence-electron chi connectivity index (χ4n) is 4.91. The van der Waals surface area contributed by atoms with Crippen molar-refractivity contribution in [3.8, 4) is 5.75 Å². The van der Waals surface area contributed by atoms with E-state index in [1.54, 1.807) is 6.20 Å². The molecular weight excluding hydrogens is 342 g/mol. The van der Waals surface area contributed by atoms with E-state index in [9.17, 15) is 9.59 Å². The number of aryl methyl sites for hydroxylation is 1. The van der Waals surface area contributed by atoms with Crippen molar-refractivity contribution in [2.45, 2.75) is 44.1 Å². The monoisotopic (exact) mass is 365 g/mol. The number of para-hydroxylation sites is 1. The molecule has 1 aromatic heterocycles. The van der Waals surface area contributed by atoms with Gasteiger partial charge in [0.2, 0.25) is 5.91 Å². The zero-order valence-corrected chi connectivity index (χ0v) is 15.4. The molecule has 140 valence electrons. The average Bonchev–Trinajstić information content (AvgIpc) is 3.28. The fraction of sp³-hybridized carbons (Fsp3) is 0.476. The summed E-state index contributed by atoms with van der Waals surface area (Å²) < 4.78 is 6.27. The standard InChI is InChI=1S/C21H23N3O3/c1-13-6-7-16-15(11-22-23-16)19(13)20(26)24-9-8-21(12-24)10-17(25)14-4-2-3-5-18(14)27-21/h2-5,11,13,19H,6-10,12H2,1H3,(H,22,23). The average molecular weight is 365 g/mol. The SMILES string of the molecule is CC1CCc2[nH]ncc2C1C(=O)N1CCC2(CC(=O)c3ccccc3O2)C1. The lowest BCUT2D eigenvalue weighted by atomic mass is 9.78. The van der Waals surface area contributed by atoms with Crippen LogP contribution in [0.4, 0.5) is 0 Å². The number of amides is 1. The van der Waals surface area contributed by atoms with E-state index in [-0.39, 0.29) is 23.5 Å². The van der Waals surface area contributed by atoms with Crippen LogP contribution >= 0.6 is 0 Å². The van der Waals surface area contributed by atoms with Crippen LogP contribution in [0, 0.1) is 5.92 Å². The second kappa shape index (κ2) is 5.94. The molecule has 27 heavy (non-hydrogen) atoms. The summed E-state index contributed by atoms with van der Waals surface area (Å²) in [4.78, 5) is 27.9. The summed E-state index contributed by atoms with van der Waals surface area (Å²) >= 11 is 0. The summed E-state index contributed by atoms with van der Waals surface area (Å²) in [5.41, 5.74) is 2.18. The van der Waals surface area contributed by atoms with Gasteiger partial charge in [-0.15, -0.1) is 0 Å². The van der Waals surface area contributed by atoms with E-state index in [0.29, 0.717) is 37.2 Å². The fourth-order valence-corrected chi connectivity index (χ4v) is 4.91. The van der Waals surface area contributed by atoms with Gasteiger partial charge in [-0.2, -0.15) is 5.10 Å². The molecule has 2 aliphatic heterocycles. The number of fused-ring (bicyclic) bond motifs is 2. The first-order chi connectivity index (χ1) is 13.1. The van der Waals surface area contributed by atoms with Gasteiger partial charge in [-0.1, -0.05) is 19.1 Å². The van der Waals surface area contributed by atoms with Gasteiger partial charge in [0.25, 0.3) is 0 Å². The van der Waals surface area contributed by atoms with Crippen LogP contribution in [-0.4, -0.2) is 45.5 Å². The van der Waals surface area contributed by atoms with Gasteiger partial charge < -0.3 is 9.64 Å². The van der Waals surface area contributed by atoms with Crippen molar-refractivity contribution in [3.63, 3.8) is 0 Å². The Bertz CT molecular complexity index is 921. The van der Waals surface area contributed by atoms with Gasteiger partial charge in [0.1, 0.15) is 11.4 Å². The van der Waals surface area contributed by atoms with E-state index in [0.717, 1.165) is 24.1 Å². The van der Waals surface area contributed by atoms with Crippen LogP contribution in [0.5, 0.6) is 5.75 Å². The molecule has 3 heterocycles. The van der Waals surface area contributed by atoms with Crippen LogP contribution in [-0.2, 0) is 11.2 Å². The number of H-pyrrole nitrogens is 1. The zero-order valence-electron chi connectivity index (χ0n) is 15.4. The Balaban J connectivity index is 1.39. The van der Waals surface area contributed by atoms with Crippen LogP contribution < -0.4 is 4.74 Å². The first kappa shape index (κ1) is 16.5. The summed E-state index contributed by atoms with van der Waals surface area (Å²) in [6, 6.07) is 7.40. The first-order valence-electron chi connectivity index (χ1n) is 9.68. The van der Waals surface area contributed by atoms with E-state index >= 15 is 0 Å². The summed E-state index contributed by atoms with van der Waals surface area (Å²) in [6.45, 7) is 3.24. The number of likely N-dealkylation sites (tertiary alicyclic amines) is 1. The van der Waals surface area contributed by atoms with Crippen molar-refractivity contribution in [1.29, 1.82) is 0 Å². The Hall–Kier alpha value is -2.63. The Morgan fingerprint density at radius 1 is 1.37 bits per heavy atom. The summed E-state index contributed by atoms with van der Waals surface area (Å²) in [5.74, 6) is 1.01. The molecule has 0 radical (unpaired) electrons. The van der Waals surface area contributed by atoms with Gasteiger partial charge in [-0.05, 0) is 30.9 Å². The minimum absolute atomic E-state index is 0.106. The van der Waals surface area contributed by atoms with Crippen LogP contribution in [0.2, 0.25) is 0 Å². The Morgan fingerprint density at radius 3 is 3.11 bits per heavy atom. The molecule has 1 amide bonds. The van der Waals surface area contributed by atoms with Crippen LogP contribution in [0.1, 0.15) is 53.7 Å². The second-order valence-electron chi connectivity index (χ2n) is 8.19. The Labute approximate surface area is 157 Å². The number of hydrogen-bond donors (Lipinski definition) is 1. The molecule has 3 unspecified atom stereocenters. The molecule has 2 aromatic rings. The topological polar surface area (TPSA) is 75.3 Å². The minimum atomic E-state index is -0.585. The third kappa shape index (κ3) is 2.58. The molecule has 1 fully saturated rings. The van der Waals surface area contributed by atoms with E-state index in [2.05, 4.69) is 17.1 Å². The normalized spacial score (nSPS) is 29.4. The van der Waals surface area contributed by atoms with Gasteiger partial charge in [-0.3, -0.25) is 14.7 Å². The Morgan fingerprint density at radius 2 is 2.22 bits per heavy atom. The smallest absolute Gasteiger partial charge is 0.230 e. The molecule has 0 bridgehead atoms. The molecule has 6 nitrogen and oxygen atoms in total. The van der Waals surface area contributed by atoms with Gasteiger partial charge >= 0.3 is 0 Å². The van der Waals surface area contributed by atoms with Crippen molar-refractivity contribution >= 4 is 11.7 Å². The number of nitrogens with zero attached hydrogens (tertiary/aromatic N) is 2. The summed E-state index contributed by atoms with van der Waals surface area (Å²) in [5, 5.41) is 7.19. The molecule has 0 saturated carbocycles. The highest BCUT2D eigenvalue weighted by Gasteiger charge is 2.48. The lowest BCUT2D eigenvalue weighted by molar-refractivity contribution is -0.134. The van der Waals surface area contributed by atoms with Gasteiger partial charge in [0.05, 0.1) is 30.6 Å². The number of benzene rings is 1. The number of carbonyl (C=O) groups excluding carboxylic acids is 2. The van der Waals surface area contributed by atoms with E-state index in [4.69, 9.17) is 4.74 Å². The second-order valence-corrected chi connectivity index (χ2v) is 8.19. The number of hydrogen-bond acceptors (Lipinski definition) is 4. The third-order valence-electron chi connectivity index (χ3n) is 6.40. The maximum Gasteiger partial charge on any atom is 0.230 e. The molecule has 5 rings (SSSR count). The van der Waals surface area contributed by atoms with E-state index in [1.807, 2.05) is 29.2 Å². The third-order valence-corrected chi connectivity index (χ3v) is 6.40. The highest BCUT2D eigenvalue weighted by atomic mass is 16.5. The highest BCUT2D eigenvalue weighted by molar-refractivity contribution is 6.00. The Kier molecular flexibility index (Phi) is 3.64. The van der Waals surface area contributed by atoms with Crippen molar-refractivity contribution < 1.29 is 14.3 Å².